The number of anilines is 1. The molecule has 3 rings (SSSR count). The number of rotatable bonds is 5. The number of nitrogens with one attached hydrogen (secondary N) is 2. The molecule has 1 saturated carbocycles. The fourth-order valence-corrected chi connectivity index (χ4v) is 3.65. The summed E-state index contributed by atoms with van der Waals surface area (Å²) >= 11 is 0. The van der Waals surface area contributed by atoms with Crippen LogP contribution < -0.4 is 20.3 Å². The Morgan fingerprint density at radius 1 is 1.26 bits per heavy atom. The zero-order chi connectivity index (χ0) is 16.1. The first kappa shape index (κ1) is 16.0. The monoisotopic (exact) mass is 317 g/mol. The highest BCUT2D eigenvalue weighted by Crippen LogP contribution is 2.31. The van der Waals surface area contributed by atoms with Gasteiger partial charge in [-0.05, 0) is 37.3 Å². The highest BCUT2D eigenvalue weighted by atomic mass is 16.5. The second-order valence-corrected chi connectivity index (χ2v) is 6.61. The normalized spacial score (nSPS) is 21.4. The van der Waals surface area contributed by atoms with Gasteiger partial charge in [-0.3, -0.25) is 0 Å². The highest BCUT2D eigenvalue weighted by Gasteiger charge is 2.25. The molecule has 5 heteroatoms. The molecule has 1 aromatic rings. The van der Waals surface area contributed by atoms with Crippen molar-refractivity contribution in [1.29, 1.82) is 0 Å². The van der Waals surface area contributed by atoms with Crippen LogP contribution in [0.1, 0.15) is 32.1 Å². The Kier molecular flexibility index (Phi) is 5.26. The van der Waals surface area contributed by atoms with Crippen molar-refractivity contribution in [3.05, 3.63) is 24.3 Å². The molecule has 1 aromatic carbocycles. The van der Waals surface area contributed by atoms with Crippen LogP contribution in [0.15, 0.2) is 24.3 Å². The molecule has 1 heterocycles. The van der Waals surface area contributed by atoms with Crippen molar-refractivity contribution in [2.75, 3.05) is 31.6 Å². The summed E-state index contributed by atoms with van der Waals surface area (Å²) in [5.74, 6) is 1.41. The summed E-state index contributed by atoms with van der Waals surface area (Å²) in [5.41, 5.74) is 1.15. The maximum atomic E-state index is 12.0. The average molecular weight is 317 g/mol. The Bertz CT molecular complexity index is 529. The van der Waals surface area contributed by atoms with Crippen molar-refractivity contribution in [2.24, 2.45) is 5.92 Å². The lowest BCUT2D eigenvalue weighted by molar-refractivity contribution is 0.235. The number of para-hydroxylation sites is 2. The molecule has 5 nitrogen and oxygen atoms in total. The number of carbonyl (C=O) groups is 1. The minimum Gasteiger partial charge on any atom is -0.495 e. The predicted molar refractivity (Wildman–Crippen MR) is 92.1 cm³/mol. The minimum absolute atomic E-state index is 0.00681. The standard InChI is InChI=1S/C18H27N3O2/c1-23-17-9-5-4-8-16(17)21-11-10-14(13-21)12-19-18(22)20-15-6-2-3-7-15/h4-5,8-9,14-15H,2-3,6-7,10-13H2,1H3,(H2,19,20,22). The molecule has 0 aromatic heterocycles. The molecule has 0 radical (unpaired) electrons. The first-order valence-corrected chi connectivity index (χ1v) is 8.68. The van der Waals surface area contributed by atoms with E-state index in [0.29, 0.717) is 12.0 Å². The maximum absolute atomic E-state index is 12.0. The van der Waals surface area contributed by atoms with E-state index in [2.05, 4.69) is 21.6 Å². The summed E-state index contributed by atoms with van der Waals surface area (Å²) in [4.78, 5) is 14.3. The Morgan fingerprint density at radius 3 is 2.83 bits per heavy atom. The lowest BCUT2D eigenvalue weighted by Gasteiger charge is -2.21. The fraction of sp³-hybridized carbons (Fsp3) is 0.611. The number of hydrogen-bond donors (Lipinski definition) is 2. The molecular formula is C18H27N3O2. The largest absolute Gasteiger partial charge is 0.495 e. The quantitative estimate of drug-likeness (QED) is 0.878. The van der Waals surface area contributed by atoms with Crippen molar-refractivity contribution in [3.8, 4) is 5.75 Å². The Labute approximate surface area is 138 Å². The number of amides is 2. The first-order chi connectivity index (χ1) is 11.3. The minimum atomic E-state index is -0.00681. The zero-order valence-corrected chi connectivity index (χ0v) is 13.9. The van der Waals surface area contributed by atoms with E-state index in [1.807, 2.05) is 18.2 Å². The molecule has 2 amide bonds. The van der Waals surface area contributed by atoms with Crippen molar-refractivity contribution in [3.63, 3.8) is 0 Å². The van der Waals surface area contributed by atoms with Crippen LogP contribution in [0.3, 0.4) is 0 Å². The number of ether oxygens (including phenoxy) is 1. The summed E-state index contributed by atoms with van der Waals surface area (Å²) in [6.07, 6.45) is 5.82. The van der Waals surface area contributed by atoms with Crippen LogP contribution in [-0.4, -0.2) is 38.8 Å². The molecule has 2 aliphatic rings. The first-order valence-electron chi connectivity index (χ1n) is 8.68. The van der Waals surface area contributed by atoms with Gasteiger partial charge in [-0.15, -0.1) is 0 Å². The second-order valence-electron chi connectivity index (χ2n) is 6.61. The number of hydrogen-bond acceptors (Lipinski definition) is 3. The van der Waals surface area contributed by atoms with Gasteiger partial charge in [-0.1, -0.05) is 25.0 Å². The summed E-state index contributed by atoms with van der Waals surface area (Å²) in [6, 6.07) is 8.50. The van der Waals surface area contributed by atoms with Crippen LogP contribution in [0.2, 0.25) is 0 Å². The Balaban J connectivity index is 1.45. The van der Waals surface area contributed by atoms with Gasteiger partial charge in [-0.2, -0.15) is 0 Å². The molecular weight excluding hydrogens is 290 g/mol. The van der Waals surface area contributed by atoms with Gasteiger partial charge >= 0.3 is 6.03 Å². The molecule has 1 aliphatic heterocycles. The molecule has 1 saturated heterocycles. The third kappa shape index (κ3) is 4.09. The van der Waals surface area contributed by atoms with E-state index in [4.69, 9.17) is 4.74 Å². The number of nitrogens with zero attached hydrogens (tertiary/aromatic N) is 1. The molecule has 2 N–H and O–H groups in total. The van der Waals surface area contributed by atoms with Crippen LogP contribution in [0.5, 0.6) is 5.75 Å². The molecule has 1 aliphatic carbocycles. The third-order valence-corrected chi connectivity index (χ3v) is 4.95. The van der Waals surface area contributed by atoms with Gasteiger partial charge in [0.15, 0.2) is 0 Å². The van der Waals surface area contributed by atoms with Crippen molar-refractivity contribution in [2.45, 2.75) is 38.1 Å². The number of benzene rings is 1. The van der Waals surface area contributed by atoms with Crippen LogP contribution in [0.4, 0.5) is 10.5 Å². The van der Waals surface area contributed by atoms with Gasteiger partial charge in [0, 0.05) is 25.7 Å². The van der Waals surface area contributed by atoms with Gasteiger partial charge < -0.3 is 20.3 Å². The van der Waals surface area contributed by atoms with E-state index in [0.717, 1.165) is 50.3 Å². The molecule has 23 heavy (non-hydrogen) atoms. The Morgan fingerprint density at radius 2 is 2.04 bits per heavy atom. The van der Waals surface area contributed by atoms with Gasteiger partial charge in [0.25, 0.3) is 0 Å². The highest BCUT2D eigenvalue weighted by molar-refractivity contribution is 5.74. The summed E-state index contributed by atoms with van der Waals surface area (Å²) in [7, 11) is 1.71. The smallest absolute Gasteiger partial charge is 0.315 e. The molecule has 0 spiro atoms. The van der Waals surface area contributed by atoms with E-state index in [1.165, 1.54) is 12.8 Å². The maximum Gasteiger partial charge on any atom is 0.315 e. The number of carbonyl (C=O) groups excluding carboxylic acids is 1. The van der Waals surface area contributed by atoms with Gasteiger partial charge in [0.2, 0.25) is 0 Å². The summed E-state index contributed by atoms with van der Waals surface area (Å²) < 4.78 is 5.44. The lowest BCUT2D eigenvalue weighted by Crippen LogP contribution is -2.42. The van der Waals surface area contributed by atoms with E-state index in [-0.39, 0.29) is 6.03 Å². The second kappa shape index (κ2) is 7.57. The van der Waals surface area contributed by atoms with Crippen molar-refractivity contribution >= 4 is 11.7 Å². The van der Waals surface area contributed by atoms with E-state index < -0.39 is 0 Å². The van der Waals surface area contributed by atoms with Crippen LogP contribution in [-0.2, 0) is 0 Å². The Hall–Kier alpha value is -1.91. The summed E-state index contributed by atoms with van der Waals surface area (Å²) in [5, 5.41) is 6.12. The van der Waals surface area contributed by atoms with E-state index >= 15 is 0 Å². The molecule has 1 atom stereocenters. The van der Waals surface area contributed by atoms with Crippen LogP contribution in [0.25, 0.3) is 0 Å². The molecule has 1 unspecified atom stereocenters. The zero-order valence-electron chi connectivity index (χ0n) is 13.9. The number of urea groups is 1. The topological polar surface area (TPSA) is 53.6 Å². The lowest BCUT2D eigenvalue weighted by atomic mass is 10.1. The summed E-state index contributed by atoms with van der Waals surface area (Å²) in [6.45, 7) is 2.71. The van der Waals surface area contributed by atoms with Gasteiger partial charge in [-0.25, -0.2) is 4.79 Å². The fourth-order valence-electron chi connectivity index (χ4n) is 3.65. The van der Waals surface area contributed by atoms with Gasteiger partial charge in [0.05, 0.1) is 12.8 Å². The van der Waals surface area contributed by atoms with Crippen molar-refractivity contribution in [1.82, 2.24) is 10.6 Å². The number of methoxy groups -OCH3 is 1. The molecule has 0 bridgehead atoms. The predicted octanol–water partition coefficient (Wildman–Crippen LogP) is 2.76. The van der Waals surface area contributed by atoms with E-state index in [1.54, 1.807) is 7.11 Å². The van der Waals surface area contributed by atoms with Crippen LogP contribution >= 0.6 is 0 Å². The van der Waals surface area contributed by atoms with Crippen LogP contribution in [0, 0.1) is 5.92 Å². The third-order valence-electron chi connectivity index (χ3n) is 4.95. The molecule has 126 valence electrons. The molecule has 2 fully saturated rings. The SMILES string of the molecule is COc1ccccc1N1CCC(CNC(=O)NC2CCCC2)C1. The van der Waals surface area contributed by atoms with Gasteiger partial charge in [0.1, 0.15) is 5.75 Å². The average Bonchev–Trinajstić information content (AvgIpc) is 3.24. The van der Waals surface area contributed by atoms with Crippen molar-refractivity contribution < 1.29 is 9.53 Å². The van der Waals surface area contributed by atoms with E-state index in [9.17, 15) is 4.79 Å².